The second-order valence-corrected chi connectivity index (χ2v) is 8.06. The number of nitrogens with two attached hydrogens (primary N) is 1. The number of nitrogens with one attached hydrogen (secondary N) is 2. The molecule has 1 atom stereocenters. The number of carbonyl (C=O) groups excluding carboxylic acids is 1. The first-order valence-corrected chi connectivity index (χ1v) is 10.1. The molecule has 1 aromatic heterocycles. The average molecular weight is 429 g/mol. The van der Waals surface area contributed by atoms with Crippen LogP contribution in [0.2, 0.25) is 0 Å². The second-order valence-electron chi connectivity index (χ2n) is 6.50. The minimum Gasteiger partial charge on any atom is -0.354 e. The van der Waals surface area contributed by atoms with Gasteiger partial charge in [0, 0.05) is 31.0 Å². The number of rotatable bonds is 4. The molecule has 1 saturated heterocycles. The molecule has 1 fully saturated rings. The summed E-state index contributed by atoms with van der Waals surface area (Å²) < 4.78 is 60.3. The number of urea groups is 1. The molecule has 0 radical (unpaired) electrons. The van der Waals surface area contributed by atoms with Crippen LogP contribution < -0.4 is 20.7 Å². The predicted octanol–water partition coefficient (Wildman–Crippen LogP) is 2.15. The van der Waals surface area contributed by atoms with E-state index < -0.39 is 27.8 Å². The number of benzene rings is 1. The van der Waals surface area contributed by atoms with Gasteiger partial charge in [0.15, 0.2) is 0 Å². The normalized spacial score (nSPS) is 17.2. The Labute approximate surface area is 165 Å². The van der Waals surface area contributed by atoms with Crippen molar-refractivity contribution in [1.82, 2.24) is 10.3 Å². The summed E-state index contributed by atoms with van der Waals surface area (Å²) in [6, 6.07) is 6.94. The van der Waals surface area contributed by atoms with Gasteiger partial charge in [0.05, 0.1) is 10.5 Å². The quantitative estimate of drug-likeness (QED) is 0.689. The van der Waals surface area contributed by atoms with Crippen LogP contribution in [-0.4, -0.2) is 38.6 Å². The van der Waals surface area contributed by atoms with Crippen molar-refractivity contribution in [3.8, 4) is 0 Å². The van der Waals surface area contributed by atoms with Crippen LogP contribution in [0, 0.1) is 0 Å². The zero-order chi connectivity index (χ0) is 21.2. The third kappa shape index (κ3) is 5.35. The van der Waals surface area contributed by atoms with Gasteiger partial charge in [-0.25, -0.2) is 23.3 Å². The van der Waals surface area contributed by atoms with Gasteiger partial charge in [-0.05, 0) is 42.8 Å². The Morgan fingerprint density at radius 1 is 1.17 bits per heavy atom. The van der Waals surface area contributed by atoms with Gasteiger partial charge >= 0.3 is 12.2 Å². The second kappa shape index (κ2) is 7.87. The minimum atomic E-state index is -4.44. The van der Waals surface area contributed by atoms with Crippen molar-refractivity contribution < 1.29 is 26.4 Å². The van der Waals surface area contributed by atoms with E-state index in [2.05, 4.69) is 15.6 Å². The number of hydrogen-bond donors (Lipinski definition) is 3. The lowest BCUT2D eigenvalue weighted by Crippen LogP contribution is -2.39. The molecule has 0 unspecified atom stereocenters. The zero-order valence-electron chi connectivity index (χ0n) is 15.0. The molecule has 2 heterocycles. The lowest BCUT2D eigenvalue weighted by atomic mass is 10.2. The van der Waals surface area contributed by atoms with Crippen LogP contribution in [-0.2, 0) is 16.2 Å². The van der Waals surface area contributed by atoms with Gasteiger partial charge in [-0.15, -0.1) is 0 Å². The maximum absolute atomic E-state index is 12.6. The van der Waals surface area contributed by atoms with Crippen LogP contribution in [0.5, 0.6) is 0 Å². The molecule has 1 aromatic carbocycles. The van der Waals surface area contributed by atoms with Crippen LogP contribution in [0.25, 0.3) is 0 Å². The molecular formula is C17H18F3N5O3S. The maximum Gasteiger partial charge on any atom is 0.417 e. The largest absolute Gasteiger partial charge is 0.417 e. The molecule has 1 aliphatic heterocycles. The Balaban J connectivity index is 1.53. The number of primary sulfonamides is 1. The van der Waals surface area contributed by atoms with Crippen LogP contribution in [0.3, 0.4) is 0 Å². The molecule has 12 heteroatoms. The third-order valence-corrected chi connectivity index (χ3v) is 5.29. The highest BCUT2D eigenvalue weighted by Gasteiger charge is 2.31. The van der Waals surface area contributed by atoms with Crippen LogP contribution in [0.4, 0.5) is 29.5 Å². The van der Waals surface area contributed by atoms with Gasteiger partial charge in [-0.3, -0.25) is 0 Å². The minimum absolute atomic E-state index is 0.0704. The third-order valence-electron chi connectivity index (χ3n) is 4.36. The Morgan fingerprint density at radius 3 is 2.41 bits per heavy atom. The lowest BCUT2D eigenvalue weighted by Gasteiger charge is -2.18. The molecular weight excluding hydrogens is 411 g/mol. The van der Waals surface area contributed by atoms with Crippen molar-refractivity contribution in [1.29, 1.82) is 0 Å². The van der Waals surface area contributed by atoms with E-state index in [4.69, 9.17) is 5.14 Å². The molecule has 2 aromatic rings. The standard InChI is InChI=1S/C17H18F3N5O3S/c18-17(19,20)11-1-6-15(22-9-11)25-8-7-13(10-25)24-16(26)23-12-2-4-14(5-3-12)29(21,27)28/h1-6,9,13H,7-8,10H2,(H2,21,27,28)(H2,23,24,26)/t13-/m1/s1. The zero-order valence-corrected chi connectivity index (χ0v) is 15.8. The molecule has 29 heavy (non-hydrogen) atoms. The number of halogens is 3. The van der Waals surface area contributed by atoms with E-state index in [0.29, 0.717) is 31.0 Å². The fourth-order valence-corrected chi connectivity index (χ4v) is 3.42. The van der Waals surface area contributed by atoms with E-state index >= 15 is 0 Å². The van der Waals surface area contributed by atoms with E-state index in [1.54, 1.807) is 4.90 Å². The van der Waals surface area contributed by atoms with Gasteiger partial charge in [0.2, 0.25) is 10.0 Å². The highest BCUT2D eigenvalue weighted by Crippen LogP contribution is 2.29. The highest BCUT2D eigenvalue weighted by molar-refractivity contribution is 7.89. The summed E-state index contributed by atoms with van der Waals surface area (Å²) in [5.41, 5.74) is -0.433. The lowest BCUT2D eigenvalue weighted by molar-refractivity contribution is -0.137. The first-order chi connectivity index (χ1) is 13.5. The van der Waals surface area contributed by atoms with Gasteiger partial charge in [-0.2, -0.15) is 13.2 Å². The molecule has 2 amide bonds. The number of hydrogen-bond acceptors (Lipinski definition) is 5. The summed E-state index contributed by atoms with van der Waals surface area (Å²) in [5.74, 6) is 0.404. The van der Waals surface area contributed by atoms with Gasteiger partial charge in [-0.1, -0.05) is 0 Å². The smallest absolute Gasteiger partial charge is 0.354 e. The van der Waals surface area contributed by atoms with Crippen LogP contribution in [0.15, 0.2) is 47.5 Å². The van der Waals surface area contributed by atoms with Gasteiger partial charge in [0.25, 0.3) is 0 Å². The average Bonchev–Trinajstić information content (AvgIpc) is 3.09. The Morgan fingerprint density at radius 2 is 1.86 bits per heavy atom. The molecule has 0 saturated carbocycles. The van der Waals surface area contributed by atoms with Crippen LogP contribution >= 0.6 is 0 Å². The summed E-state index contributed by atoms with van der Waals surface area (Å²) in [5, 5.41) is 10.4. The molecule has 0 spiro atoms. The summed E-state index contributed by atoms with van der Waals surface area (Å²) in [6.07, 6.45) is -3.06. The van der Waals surface area contributed by atoms with E-state index in [-0.39, 0.29) is 10.9 Å². The number of alkyl halides is 3. The SMILES string of the molecule is NS(=O)(=O)c1ccc(NC(=O)N[C@@H]2CCN(c3ccc(C(F)(F)F)cn3)C2)cc1. The molecule has 8 nitrogen and oxygen atoms in total. The van der Waals surface area contributed by atoms with E-state index in [0.717, 1.165) is 12.3 Å². The Hall–Kier alpha value is -2.86. The molecule has 3 rings (SSSR count). The molecule has 0 bridgehead atoms. The molecule has 156 valence electrons. The monoisotopic (exact) mass is 429 g/mol. The Bertz CT molecular complexity index is 979. The Kier molecular flexibility index (Phi) is 5.66. The fraction of sp³-hybridized carbons (Fsp3) is 0.294. The van der Waals surface area contributed by atoms with Gasteiger partial charge < -0.3 is 15.5 Å². The van der Waals surface area contributed by atoms with E-state index in [1.807, 2.05) is 0 Å². The number of anilines is 2. The predicted molar refractivity (Wildman–Crippen MR) is 99.8 cm³/mol. The molecule has 4 N–H and O–H groups in total. The molecule has 0 aliphatic carbocycles. The topological polar surface area (TPSA) is 117 Å². The molecule has 1 aliphatic rings. The summed E-state index contributed by atoms with van der Waals surface area (Å²) >= 11 is 0. The highest BCUT2D eigenvalue weighted by atomic mass is 32.2. The van der Waals surface area contributed by atoms with Crippen molar-refractivity contribution in [3.05, 3.63) is 48.2 Å². The van der Waals surface area contributed by atoms with Crippen molar-refractivity contribution in [2.75, 3.05) is 23.3 Å². The van der Waals surface area contributed by atoms with Gasteiger partial charge in [0.1, 0.15) is 5.82 Å². The first kappa shape index (κ1) is 20.9. The maximum atomic E-state index is 12.6. The summed E-state index contributed by atoms with van der Waals surface area (Å²) in [7, 11) is -3.81. The fourth-order valence-electron chi connectivity index (χ4n) is 2.91. The number of aromatic nitrogens is 1. The number of sulfonamides is 1. The van der Waals surface area contributed by atoms with Crippen molar-refractivity contribution in [2.24, 2.45) is 5.14 Å². The van der Waals surface area contributed by atoms with E-state index in [1.165, 1.54) is 30.3 Å². The number of nitrogens with zero attached hydrogens (tertiary/aromatic N) is 2. The van der Waals surface area contributed by atoms with E-state index in [9.17, 15) is 26.4 Å². The number of carbonyl (C=O) groups is 1. The number of pyridine rings is 1. The van der Waals surface area contributed by atoms with Crippen molar-refractivity contribution in [2.45, 2.75) is 23.5 Å². The van der Waals surface area contributed by atoms with Crippen LogP contribution in [0.1, 0.15) is 12.0 Å². The first-order valence-electron chi connectivity index (χ1n) is 8.51. The summed E-state index contributed by atoms with van der Waals surface area (Å²) in [6.45, 7) is 0.933. The van der Waals surface area contributed by atoms with Crippen molar-refractivity contribution >= 4 is 27.6 Å². The summed E-state index contributed by atoms with van der Waals surface area (Å²) in [4.78, 5) is 17.7. The number of amides is 2. The van der Waals surface area contributed by atoms with Crippen molar-refractivity contribution in [3.63, 3.8) is 0 Å².